The number of anilines is 1. The first-order chi connectivity index (χ1) is 12.2. The number of nitrogens with one attached hydrogen (secondary N) is 1. The number of aryl methyl sites for hydroxylation is 2. The Morgan fingerprint density at radius 1 is 1.12 bits per heavy atom. The molecule has 2 aromatic rings. The first-order valence-electron chi connectivity index (χ1n) is 8.23. The van der Waals surface area contributed by atoms with Crippen LogP contribution in [-0.4, -0.2) is 33.7 Å². The van der Waals surface area contributed by atoms with Gasteiger partial charge in [0.1, 0.15) is 0 Å². The zero-order chi connectivity index (χ0) is 19.3. The van der Waals surface area contributed by atoms with Gasteiger partial charge >= 0.3 is 0 Å². The quantitative estimate of drug-likeness (QED) is 0.784. The maximum atomic E-state index is 12.2. The molecule has 0 aliphatic rings. The number of nitrogens with zero attached hydrogens (tertiary/aromatic N) is 1. The van der Waals surface area contributed by atoms with Crippen LogP contribution in [0.15, 0.2) is 42.5 Å². The van der Waals surface area contributed by atoms with Gasteiger partial charge < -0.3 is 5.32 Å². The predicted molar refractivity (Wildman–Crippen MR) is 106 cm³/mol. The largest absolute Gasteiger partial charge is 0.354 e. The van der Waals surface area contributed by atoms with E-state index in [9.17, 15) is 13.2 Å². The van der Waals surface area contributed by atoms with Crippen molar-refractivity contribution in [1.29, 1.82) is 0 Å². The Hall–Kier alpha value is -2.05. The Morgan fingerprint density at radius 2 is 1.81 bits per heavy atom. The number of amides is 1. The number of carbonyl (C=O) groups excluding carboxylic acids is 1. The predicted octanol–water partition coefficient (Wildman–Crippen LogP) is 3.08. The van der Waals surface area contributed by atoms with Gasteiger partial charge in [0.25, 0.3) is 0 Å². The molecule has 0 bridgehead atoms. The fourth-order valence-electron chi connectivity index (χ4n) is 2.70. The molecule has 0 aliphatic carbocycles. The molecule has 140 valence electrons. The maximum absolute atomic E-state index is 12.2. The van der Waals surface area contributed by atoms with E-state index in [1.807, 2.05) is 31.2 Å². The lowest BCUT2D eigenvalue weighted by atomic mass is 10.1. The number of hydrogen-bond donors (Lipinski definition) is 1. The summed E-state index contributed by atoms with van der Waals surface area (Å²) in [4.78, 5) is 12.1. The molecule has 0 saturated carbocycles. The molecule has 7 heteroatoms. The summed E-state index contributed by atoms with van der Waals surface area (Å²) in [6, 6.07) is 12.7. The van der Waals surface area contributed by atoms with Crippen molar-refractivity contribution in [2.75, 3.05) is 23.7 Å². The molecule has 0 fully saturated rings. The molecule has 1 N–H and O–H groups in total. The van der Waals surface area contributed by atoms with Crippen LogP contribution in [0, 0.1) is 13.8 Å². The lowest BCUT2D eigenvalue weighted by Crippen LogP contribution is -2.39. The van der Waals surface area contributed by atoms with Crippen molar-refractivity contribution in [3.8, 4) is 0 Å². The molecule has 1 amide bonds. The van der Waals surface area contributed by atoms with Crippen molar-refractivity contribution in [3.63, 3.8) is 0 Å². The van der Waals surface area contributed by atoms with Gasteiger partial charge in [0.15, 0.2) is 0 Å². The minimum absolute atomic E-state index is 0.138. The Kier molecular flexibility index (Phi) is 6.67. The molecule has 5 nitrogen and oxygen atoms in total. The van der Waals surface area contributed by atoms with Gasteiger partial charge in [-0.3, -0.25) is 9.10 Å². The Morgan fingerprint density at radius 3 is 2.42 bits per heavy atom. The molecule has 2 aromatic carbocycles. The lowest BCUT2D eigenvalue weighted by Gasteiger charge is -2.24. The highest BCUT2D eigenvalue weighted by molar-refractivity contribution is 7.92. The van der Waals surface area contributed by atoms with Crippen LogP contribution in [0.25, 0.3) is 0 Å². The molecule has 0 heterocycles. The monoisotopic (exact) mass is 394 g/mol. The van der Waals surface area contributed by atoms with Crippen LogP contribution in [0.5, 0.6) is 0 Å². The zero-order valence-corrected chi connectivity index (χ0v) is 16.7. The third-order valence-corrected chi connectivity index (χ3v) is 5.49. The SMILES string of the molecule is Cc1ccccc1CC(=O)NCCN(c1ccc(Cl)cc1C)S(C)(=O)=O. The van der Waals surface area contributed by atoms with Crippen molar-refractivity contribution in [2.45, 2.75) is 20.3 Å². The second kappa shape index (κ2) is 8.56. The van der Waals surface area contributed by atoms with E-state index in [0.717, 1.165) is 22.9 Å². The summed E-state index contributed by atoms with van der Waals surface area (Å²) in [5.74, 6) is -0.138. The van der Waals surface area contributed by atoms with Crippen molar-refractivity contribution < 1.29 is 13.2 Å². The van der Waals surface area contributed by atoms with Crippen LogP contribution in [0.4, 0.5) is 5.69 Å². The van der Waals surface area contributed by atoms with Crippen molar-refractivity contribution in [3.05, 3.63) is 64.2 Å². The second-order valence-electron chi connectivity index (χ2n) is 6.22. The third kappa shape index (κ3) is 5.47. The van der Waals surface area contributed by atoms with E-state index in [1.165, 1.54) is 4.31 Å². The van der Waals surface area contributed by atoms with E-state index in [1.54, 1.807) is 25.1 Å². The molecule has 0 radical (unpaired) electrons. The van der Waals surface area contributed by atoms with E-state index in [0.29, 0.717) is 10.7 Å². The highest BCUT2D eigenvalue weighted by Crippen LogP contribution is 2.25. The van der Waals surface area contributed by atoms with Crippen LogP contribution in [-0.2, 0) is 21.2 Å². The maximum Gasteiger partial charge on any atom is 0.232 e. The molecular formula is C19H23ClN2O3S. The van der Waals surface area contributed by atoms with Crippen molar-refractivity contribution >= 4 is 33.2 Å². The highest BCUT2D eigenvalue weighted by Gasteiger charge is 2.19. The van der Waals surface area contributed by atoms with Gasteiger partial charge in [-0.25, -0.2) is 8.42 Å². The minimum Gasteiger partial charge on any atom is -0.354 e. The van der Waals surface area contributed by atoms with E-state index in [-0.39, 0.29) is 25.4 Å². The van der Waals surface area contributed by atoms with Gasteiger partial charge in [0.2, 0.25) is 15.9 Å². The minimum atomic E-state index is -3.48. The summed E-state index contributed by atoms with van der Waals surface area (Å²) in [7, 11) is -3.48. The Balaban J connectivity index is 2.02. The molecule has 2 rings (SSSR count). The van der Waals surface area contributed by atoms with E-state index in [4.69, 9.17) is 11.6 Å². The smallest absolute Gasteiger partial charge is 0.232 e. The summed E-state index contributed by atoms with van der Waals surface area (Å²) >= 11 is 5.95. The van der Waals surface area contributed by atoms with Gasteiger partial charge in [-0.15, -0.1) is 0 Å². The van der Waals surface area contributed by atoms with E-state index >= 15 is 0 Å². The topological polar surface area (TPSA) is 66.5 Å². The standard InChI is InChI=1S/C19H23ClN2O3S/c1-14-6-4-5-7-16(14)13-19(23)21-10-11-22(26(3,24)25)18-9-8-17(20)12-15(18)2/h4-9,12H,10-11,13H2,1-3H3,(H,21,23). The Labute approximate surface area is 160 Å². The molecule has 0 unspecified atom stereocenters. The normalized spacial score (nSPS) is 11.2. The van der Waals surface area contributed by atoms with Crippen LogP contribution in [0.1, 0.15) is 16.7 Å². The molecule has 0 atom stereocenters. The lowest BCUT2D eigenvalue weighted by molar-refractivity contribution is -0.120. The fraction of sp³-hybridized carbons (Fsp3) is 0.316. The van der Waals surface area contributed by atoms with Crippen LogP contribution in [0.3, 0.4) is 0 Å². The number of rotatable bonds is 7. The number of halogens is 1. The molecule has 0 saturated heterocycles. The summed E-state index contributed by atoms with van der Waals surface area (Å²) in [6.07, 6.45) is 1.42. The number of carbonyl (C=O) groups is 1. The summed E-state index contributed by atoms with van der Waals surface area (Å²) < 4.78 is 25.6. The number of hydrogen-bond acceptors (Lipinski definition) is 3. The molecular weight excluding hydrogens is 372 g/mol. The van der Waals surface area contributed by atoms with Gasteiger partial charge in [-0.2, -0.15) is 0 Å². The van der Waals surface area contributed by atoms with Crippen molar-refractivity contribution in [1.82, 2.24) is 5.32 Å². The fourth-order valence-corrected chi connectivity index (χ4v) is 3.92. The number of sulfonamides is 1. The molecule has 0 aliphatic heterocycles. The van der Waals surface area contributed by atoms with Gasteiger partial charge in [0.05, 0.1) is 24.9 Å². The van der Waals surface area contributed by atoms with Crippen LogP contribution in [0.2, 0.25) is 5.02 Å². The highest BCUT2D eigenvalue weighted by atomic mass is 35.5. The summed E-state index contributed by atoms with van der Waals surface area (Å²) in [5, 5.41) is 3.34. The van der Waals surface area contributed by atoms with E-state index in [2.05, 4.69) is 5.32 Å². The van der Waals surface area contributed by atoms with Crippen molar-refractivity contribution in [2.24, 2.45) is 0 Å². The molecule has 0 aromatic heterocycles. The number of benzene rings is 2. The van der Waals surface area contributed by atoms with Crippen LogP contribution < -0.4 is 9.62 Å². The summed E-state index contributed by atoms with van der Waals surface area (Å²) in [5.41, 5.74) is 3.33. The first-order valence-corrected chi connectivity index (χ1v) is 10.5. The van der Waals surface area contributed by atoms with Gasteiger partial charge in [-0.1, -0.05) is 35.9 Å². The van der Waals surface area contributed by atoms with Gasteiger partial charge in [0, 0.05) is 11.6 Å². The Bertz CT molecular complexity index is 897. The second-order valence-corrected chi connectivity index (χ2v) is 8.56. The zero-order valence-electron chi connectivity index (χ0n) is 15.1. The molecule has 26 heavy (non-hydrogen) atoms. The third-order valence-electron chi connectivity index (χ3n) is 4.08. The average molecular weight is 395 g/mol. The van der Waals surface area contributed by atoms with E-state index < -0.39 is 10.0 Å². The average Bonchev–Trinajstić information content (AvgIpc) is 2.54. The first kappa shape index (κ1) is 20.3. The van der Waals surface area contributed by atoms with Crippen LogP contribution >= 0.6 is 11.6 Å². The van der Waals surface area contributed by atoms with Gasteiger partial charge in [-0.05, 0) is 48.7 Å². The molecule has 0 spiro atoms. The summed E-state index contributed by atoms with van der Waals surface area (Å²) in [6.45, 7) is 4.13.